The van der Waals surface area contributed by atoms with Crippen LogP contribution in [0.25, 0.3) is 11.1 Å². The molecule has 0 aromatic heterocycles. The quantitative estimate of drug-likeness (QED) is 0.0695. The summed E-state index contributed by atoms with van der Waals surface area (Å²) >= 11 is 0. The maximum atomic E-state index is 14.2. The van der Waals surface area contributed by atoms with Gasteiger partial charge in [0.1, 0.15) is 5.56 Å². The van der Waals surface area contributed by atoms with Crippen molar-refractivity contribution in [3.05, 3.63) is 201 Å². The number of ether oxygens (including phenoxy) is 2. The standard InChI is InChI=1S/C46H39F5N2O4/c47-40-39(41(48)43(50)44(51)42(40)49)45(55)52-24-32-12-7-13-36(22-32)33-18-20-35(21-19-33)46-56-37(23-38(57-46)34-16-14-31(28-54)15-17-34)27-53(25-29-8-3-1-4-9-29)26-30-10-5-2-6-11-30/h1-22,37-38,46,54H,23-28H2,(H,52,55). The van der Waals surface area contributed by atoms with Crippen LogP contribution in [-0.2, 0) is 35.7 Å². The van der Waals surface area contributed by atoms with Crippen molar-refractivity contribution in [2.24, 2.45) is 0 Å². The maximum Gasteiger partial charge on any atom is 0.257 e. The fourth-order valence-corrected chi connectivity index (χ4v) is 6.96. The third kappa shape index (κ3) is 9.46. The van der Waals surface area contributed by atoms with Gasteiger partial charge in [-0.25, -0.2) is 22.0 Å². The Bertz CT molecular complexity index is 2220. The first kappa shape index (κ1) is 39.5. The molecule has 2 N–H and O–H groups in total. The number of hydrogen-bond donors (Lipinski definition) is 2. The number of hydrogen-bond acceptors (Lipinski definition) is 5. The Kier molecular flexibility index (Phi) is 12.5. The number of nitrogens with one attached hydrogen (secondary N) is 1. The molecule has 292 valence electrons. The van der Waals surface area contributed by atoms with Crippen molar-refractivity contribution in [2.75, 3.05) is 6.54 Å². The summed E-state index contributed by atoms with van der Waals surface area (Å²) in [6.45, 7) is 1.80. The van der Waals surface area contributed by atoms with E-state index in [2.05, 4.69) is 34.5 Å². The van der Waals surface area contributed by atoms with E-state index in [1.807, 2.05) is 91.0 Å². The van der Waals surface area contributed by atoms with E-state index < -0.39 is 46.8 Å². The Hall–Kier alpha value is -5.72. The van der Waals surface area contributed by atoms with Crippen molar-refractivity contribution in [2.45, 2.75) is 51.2 Å². The summed E-state index contributed by atoms with van der Waals surface area (Å²) in [5, 5.41) is 11.9. The van der Waals surface area contributed by atoms with E-state index in [0.29, 0.717) is 18.5 Å². The molecule has 1 aliphatic heterocycles. The molecule has 1 amide bonds. The lowest BCUT2D eigenvalue weighted by Gasteiger charge is -2.38. The summed E-state index contributed by atoms with van der Waals surface area (Å²) in [4.78, 5) is 14.9. The zero-order valence-corrected chi connectivity index (χ0v) is 30.7. The first-order valence-corrected chi connectivity index (χ1v) is 18.5. The van der Waals surface area contributed by atoms with Crippen LogP contribution in [-0.4, -0.2) is 28.6 Å². The molecule has 1 fully saturated rings. The van der Waals surface area contributed by atoms with Crippen molar-refractivity contribution in [1.82, 2.24) is 10.2 Å². The number of benzene rings is 6. The predicted octanol–water partition coefficient (Wildman–Crippen LogP) is 9.72. The molecule has 11 heteroatoms. The van der Waals surface area contributed by atoms with Gasteiger partial charge in [-0.2, -0.15) is 0 Å². The van der Waals surface area contributed by atoms with E-state index in [-0.39, 0.29) is 25.4 Å². The smallest absolute Gasteiger partial charge is 0.257 e. The van der Waals surface area contributed by atoms with Gasteiger partial charge in [0.15, 0.2) is 29.6 Å². The van der Waals surface area contributed by atoms with Gasteiger partial charge in [0.25, 0.3) is 5.91 Å². The van der Waals surface area contributed by atoms with Crippen molar-refractivity contribution in [3.63, 3.8) is 0 Å². The van der Waals surface area contributed by atoms with Crippen LogP contribution in [0.3, 0.4) is 0 Å². The van der Waals surface area contributed by atoms with E-state index in [4.69, 9.17) is 9.47 Å². The van der Waals surface area contributed by atoms with Gasteiger partial charge >= 0.3 is 0 Å². The topological polar surface area (TPSA) is 71.0 Å². The van der Waals surface area contributed by atoms with Gasteiger partial charge in [-0.1, -0.05) is 127 Å². The van der Waals surface area contributed by atoms with Crippen LogP contribution in [0.2, 0.25) is 0 Å². The van der Waals surface area contributed by atoms with Crippen molar-refractivity contribution in [1.29, 1.82) is 0 Å². The molecular weight excluding hydrogens is 740 g/mol. The lowest BCUT2D eigenvalue weighted by atomic mass is 9.98. The van der Waals surface area contributed by atoms with Gasteiger partial charge in [0.2, 0.25) is 5.82 Å². The highest BCUT2D eigenvalue weighted by Gasteiger charge is 2.34. The van der Waals surface area contributed by atoms with Gasteiger partial charge in [-0.05, 0) is 45.0 Å². The van der Waals surface area contributed by atoms with Gasteiger partial charge in [-0.3, -0.25) is 9.69 Å². The zero-order valence-electron chi connectivity index (χ0n) is 30.7. The highest BCUT2D eigenvalue weighted by atomic mass is 19.2. The number of nitrogens with zero attached hydrogens (tertiary/aromatic N) is 1. The highest BCUT2D eigenvalue weighted by molar-refractivity contribution is 5.94. The summed E-state index contributed by atoms with van der Waals surface area (Å²) in [5.41, 5.74) is 5.51. The first-order valence-electron chi connectivity index (χ1n) is 18.5. The summed E-state index contributed by atoms with van der Waals surface area (Å²) in [6.07, 6.45) is -0.566. The molecule has 6 aromatic carbocycles. The van der Waals surface area contributed by atoms with Crippen molar-refractivity contribution < 1.29 is 41.3 Å². The fraction of sp³-hybridized carbons (Fsp3) is 0.196. The normalized spacial score (nSPS) is 16.8. The summed E-state index contributed by atoms with van der Waals surface area (Å²) in [6, 6.07) is 43.0. The Morgan fingerprint density at radius 1 is 0.614 bits per heavy atom. The Morgan fingerprint density at radius 3 is 1.77 bits per heavy atom. The van der Waals surface area contributed by atoms with Gasteiger partial charge in [-0.15, -0.1) is 0 Å². The largest absolute Gasteiger partial charge is 0.392 e. The summed E-state index contributed by atoms with van der Waals surface area (Å²) in [5.74, 6) is -12.5. The third-order valence-corrected chi connectivity index (χ3v) is 9.91. The second-order valence-corrected chi connectivity index (χ2v) is 13.9. The maximum absolute atomic E-state index is 14.2. The van der Waals surface area contributed by atoms with Crippen LogP contribution in [0.1, 0.15) is 62.6 Å². The van der Waals surface area contributed by atoms with E-state index in [1.54, 1.807) is 18.2 Å². The highest BCUT2D eigenvalue weighted by Crippen LogP contribution is 2.39. The van der Waals surface area contributed by atoms with E-state index in [1.165, 1.54) is 11.1 Å². The molecule has 0 aliphatic carbocycles. The van der Waals surface area contributed by atoms with Crippen molar-refractivity contribution in [3.8, 4) is 11.1 Å². The van der Waals surface area contributed by atoms with Crippen LogP contribution in [0, 0.1) is 29.1 Å². The molecule has 3 unspecified atom stereocenters. The lowest BCUT2D eigenvalue weighted by Crippen LogP contribution is -2.39. The van der Waals surface area contributed by atoms with E-state index in [0.717, 1.165) is 40.9 Å². The molecule has 0 radical (unpaired) electrons. The minimum atomic E-state index is -2.33. The lowest BCUT2D eigenvalue weighted by molar-refractivity contribution is -0.253. The molecule has 1 saturated heterocycles. The number of aliphatic hydroxyl groups is 1. The van der Waals surface area contributed by atoms with Crippen molar-refractivity contribution >= 4 is 5.91 Å². The molecule has 1 heterocycles. The van der Waals surface area contributed by atoms with Crippen LogP contribution < -0.4 is 5.32 Å². The minimum absolute atomic E-state index is 0.0591. The molecule has 7 rings (SSSR count). The monoisotopic (exact) mass is 778 g/mol. The number of rotatable bonds is 13. The van der Waals surface area contributed by atoms with Gasteiger partial charge < -0.3 is 19.9 Å². The SMILES string of the molecule is O=C(NCc1cccc(-c2ccc(C3OC(CN(Cc4ccccc4)Cc4ccccc4)CC(c4ccc(CO)cc4)O3)cc2)c1)c1c(F)c(F)c(F)c(F)c1F. The molecule has 3 atom stereocenters. The number of halogens is 5. The zero-order chi connectivity index (χ0) is 39.9. The minimum Gasteiger partial charge on any atom is -0.392 e. The summed E-state index contributed by atoms with van der Waals surface area (Å²) in [7, 11) is 0. The molecule has 1 aliphatic rings. The molecule has 57 heavy (non-hydrogen) atoms. The Balaban J connectivity index is 1.09. The van der Waals surface area contributed by atoms with Gasteiger partial charge in [0, 0.05) is 38.2 Å². The second kappa shape index (κ2) is 18.0. The van der Waals surface area contributed by atoms with Crippen LogP contribution in [0.5, 0.6) is 0 Å². The van der Waals surface area contributed by atoms with E-state index >= 15 is 0 Å². The average molecular weight is 779 g/mol. The summed E-state index contributed by atoms with van der Waals surface area (Å²) < 4.78 is 82.6. The molecule has 0 bridgehead atoms. The predicted molar refractivity (Wildman–Crippen MR) is 205 cm³/mol. The molecule has 6 nitrogen and oxygen atoms in total. The molecule has 0 saturated carbocycles. The number of aliphatic hydroxyl groups excluding tert-OH is 1. The van der Waals surface area contributed by atoms with Crippen LogP contribution in [0.4, 0.5) is 22.0 Å². The number of carbonyl (C=O) groups excluding carboxylic acids is 1. The third-order valence-electron chi connectivity index (χ3n) is 9.91. The first-order chi connectivity index (χ1) is 27.7. The molecular formula is C46H39F5N2O4. The molecule has 0 spiro atoms. The number of amides is 1. The number of carbonyl (C=O) groups is 1. The Morgan fingerprint density at radius 2 is 1.18 bits per heavy atom. The fourth-order valence-electron chi connectivity index (χ4n) is 6.96. The van der Waals surface area contributed by atoms with E-state index in [9.17, 15) is 31.9 Å². The van der Waals surface area contributed by atoms with Gasteiger partial charge in [0.05, 0.1) is 18.8 Å². The second-order valence-electron chi connectivity index (χ2n) is 13.9. The average Bonchev–Trinajstić information content (AvgIpc) is 3.25. The van der Waals surface area contributed by atoms with Crippen LogP contribution >= 0.6 is 0 Å². The molecule has 6 aromatic rings. The Labute approximate surface area is 327 Å². The van der Waals surface area contributed by atoms with Crippen LogP contribution in [0.15, 0.2) is 133 Å².